The molecule has 0 aromatic carbocycles. The van der Waals surface area contributed by atoms with Crippen LogP contribution >= 0.6 is 23.1 Å². The smallest absolute Gasteiger partial charge is 0.263 e. The molecule has 0 aliphatic heterocycles. The summed E-state index contributed by atoms with van der Waals surface area (Å²) in [5, 5.41) is 17.8. The lowest BCUT2D eigenvalue weighted by molar-refractivity contribution is -0.117. The van der Waals surface area contributed by atoms with Gasteiger partial charge in [0, 0.05) is 30.3 Å². The second-order valence-corrected chi connectivity index (χ2v) is 8.51. The van der Waals surface area contributed by atoms with E-state index in [-0.39, 0.29) is 22.8 Å². The lowest BCUT2D eigenvalue weighted by Crippen LogP contribution is -2.25. The highest BCUT2D eigenvalue weighted by molar-refractivity contribution is 7.99. The summed E-state index contributed by atoms with van der Waals surface area (Å²) < 4.78 is 6.96. The van der Waals surface area contributed by atoms with Gasteiger partial charge in [0.15, 0.2) is 10.9 Å². The lowest BCUT2D eigenvalue weighted by atomic mass is 10.0. The average molecular weight is 421 g/mol. The molecule has 0 bridgehead atoms. The van der Waals surface area contributed by atoms with Crippen molar-refractivity contribution in [2.45, 2.75) is 45.8 Å². The van der Waals surface area contributed by atoms with Gasteiger partial charge >= 0.3 is 0 Å². The van der Waals surface area contributed by atoms with E-state index in [1.807, 2.05) is 26.8 Å². The fourth-order valence-corrected chi connectivity index (χ4v) is 4.72. The normalized spacial score (nSPS) is 12.1. The zero-order chi connectivity index (χ0) is 20.8. The van der Waals surface area contributed by atoms with Crippen LogP contribution in [0.25, 0.3) is 10.2 Å². The number of carbonyl (C=O) groups is 1. The van der Waals surface area contributed by atoms with Crippen LogP contribution in [0.15, 0.2) is 9.95 Å². The first-order valence-corrected chi connectivity index (χ1v) is 10.8. The van der Waals surface area contributed by atoms with Crippen molar-refractivity contribution >= 4 is 44.8 Å². The van der Waals surface area contributed by atoms with Gasteiger partial charge in [0.25, 0.3) is 5.56 Å². The third-order valence-electron chi connectivity index (χ3n) is 4.36. The number of rotatable bonds is 10. The van der Waals surface area contributed by atoms with Crippen LogP contribution in [0.4, 0.5) is 0 Å². The number of nitrogens with zero attached hydrogens (tertiary/aromatic N) is 3. The fourth-order valence-electron chi connectivity index (χ4n) is 2.71. The number of ketones is 1. The molecule has 0 saturated heterocycles. The van der Waals surface area contributed by atoms with Crippen LogP contribution in [-0.2, 0) is 16.1 Å². The Kier molecular flexibility index (Phi) is 7.92. The second kappa shape index (κ2) is 9.96. The van der Waals surface area contributed by atoms with Gasteiger partial charge in [-0.05, 0) is 39.7 Å². The topological polar surface area (TPSA) is 109 Å². The minimum Gasteiger partial charge on any atom is -0.382 e. The Bertz CT molecular complexity index is 988. The van der Waals surface area contributed by atoms with Crippen molar-refractivity contribution < 1.29 is 9.53 Å². The van der Waals surface area contributed by atoms with E-state index in [1.165, 1.54) is 18.3 Å². The molecule has 150 valence electrons. The second-order valence-electron chi connectivity index (χ2n) is 6.37. The lowest BCUT2D eigenvalue weighted by Gasteiger charge is -2.13. The van der Waals surface area contributed by atoms with E-state index >= 15 is 0 Å². The summed E-state index contributed by atoms with van der Waals surface area (Å²) in [5.41, 5.74) is 0.848. The molecule has 0 amide bonds. The third kappa shape index (κ3) is 4.87. The SMILES string of the molecule is CCOCCCn1c(SCC(=O)[C@H](C#N)C(C)=N)nc2sc(C)c(C)c2c1=O. The van der Waals surface area contributed by atoms with E-state index in [1.54, 1.807) is 4.57 Å². The highest BCUT2D eigenvalue weighted by Gasteiger charge is 2.22. The highest BCUT2D eigenvalue weighted by Crippen LogP contribution is 2.28. The van der Waals surface area contributed by atoms with Gasteiger partial charge in [0.2, 0.25) is 0 Å². The third-order valence-corrected chi connectivity index (χ3v) is 6.46. The van der Waals surface area contributed by atoms with Crippen LogP contribution in [-0.4, -0.2) is 40.0 Å². The fraction of sp³-hybridized carbons (Fsp3) is 0.526. The average Bonchev–Trinajstić information content (AvgIpc) is 2.93. The maximum absolute atomic E-state index is 13.1. The molecule has 2 rings (SSSR count). The predicted molar refractivity (Wildman–Crippen MR) is 113 cm³/mol. The summed E-state index contributed by atoms with van der Waals surface area (Å²) in [4.78, 5) is 31.7. The van der Waals surface area contributed by atoms with Crippen LogP contribution in [0, 0.1) is 36.5 Å². The Morgan fingerprint density at radius 2 is 2.18 bits per heavy atom. The quantitative estimate of drug-likeness (QED) is 0.273. The van der Waals surface area contributed by atoms with E-state index in [4.69, 9.17) is 15.4 Å². The summed E-state index contributed by atoms with van der Waals surface area (Å²) in [6.45, 7) is 8.84. The van der Waals surface area contributed by atoms with Gasteiger partial charge in [-0.3, -0.25) is 14.2 Å². The van der Waals surface area contributed by atoms with E-state index in [9.17, 15) is 9.59 Å². The van der Waals surface area contributed by atoms with Crippen LogP contribution < -0.4 is 5.56 Å². The molecule has 0 aliphatic carbocycles. The Labute approximate surface area is 172 Å². The molecule has 7 nitrogen and oxygen atoms in total. The molecule has 1 N–H and O–H groups in total. The van der Waals surface area contributed by atoms with E-state index in [0.717, 1.165) is 22.2 Å². The van der Waals surface area contributed by atoms with Crippen molar-refractivity contribution in [3.05, 3.63) is 20.8 Å². The number of hydrogen-bond donors (Lipinski definition) is 1. The van der Waals surface area contributed by atoms with Gasteiger partial charge in [-0.1, -0.05) is 11.8 Å². The molecule has 1 atom stereocenters. The Morgan fingerprint density at radius 3 is 2.79 bits per heavy atom. The molecule has 0 unspecified atom stereocenters. The Balaban J connectivity index is 2.36. The first-order chi connectivity index (χ1) is 13.3. The zero-order valence-electron chi connectivity index (χ0n) is 16.5. The number of nitrogens with one attached hydrogen (secondary N) is 1. The number of nitriles is 1. The van der Waals surface area contributed by atoms with Crippen molar-refractivity contribution in [3.63, 3.8) is 0 Å². The van der Waals surface area contributed by atoms with Crippen molar-refractivity contribution in [2.75, 3.05) is 19.0 Å². The van der Waals surface area contributed by atoms with Gasteiger partial charge in [0.1, 0.15) is 10.7 Å². The molecule has 2 heterocycles. The molecule has 2 aromatic rings. The van der Waals surface area contributed by atoms with Gasteiger partial charge in [-0.25, -0.2) is 4.98 Å². The number of ether oxygens (including phenoxy) is 1. The molecule has 2 aromatic heterocycles. The van der Waals surface area contributed by atoms with Gasteiger partial charge in [0.05, 0.1) is 17.2 Å². The number of hydrogen-bond acceptors (Lipinski definition) is 8. The molecular weight excluding hydrogens is 396 g/mol. The first kappa shape index (κ1) is 22.3. The maximum Gasteiger partial charge on any atom is 0.263 e. The Hall–Kier alpha value is -2.02. The van der Waals surface area contributed by atoms with E-state index < -0.39 is 5.92 Å². The van der Waals surface area contributed by atoms with Crippen LogP contribution in [0.2, 0.25) is 0 Å². The molecule has 0 fully saturated rings. The molecule has 0 radical (unpaired) electrons. The van der Waals surface area contributed by atoms with Crippen molar-refractivity contribution in [1.82, 2.24) is 9.55 Å². The number of thioether (sulfide) groups is 1. The molecule has 9 heteroatoms. The van der Waals surface area contributed by atoms with E-state index in [0.29, 0.717) is 41.6 Å². The monoisotopic (exact) mass is 420 g/mol. The molecule has 0 saturated carbocycles. The summed E-state index contributed by atoms with van der Waals surface area (Å²) in [6.07, 6.45) is 0.658. The van der Waals surface area contributed by atoms with Crippen molar-refractivity contribution in [1.29, 1.82) is 10.7 Å². The number of fused-ring (bicyclic) bond motifs is 1. The summed E-state index contributed by atoms with van der Waals surface area (Å²) in [6, 6.07) is 1.86. The van der Waals surface area contributed by atoms with Gasteiger partial charge in [-0.2, -0.15) is 5.26 Å². The van der Waals surface area contributed by atoms with E-state index in [2.05, 4.69) is 4.98 Å². The predicted octanol–water partition coefficient (Wildman–Crippen LogP) is 3.34. The number of aromatic nitrogens is 2. The molecule has 0 aliphatic rings. The maximum atomic E-state index is 13.1. The standard InChI is InChI=1S/C19H24N4O3S2/c1-5-26-8-6-7-23-18(25)16-11(2)13(4)28-17(16)22-19(23)27-10-15(24)14(9-20)12(3)21/h14,21H,5-8,10H2,1-4H3/t14-/m1/s1. The minimum absolute atomic E-state index is 0.0127. The Morgan fingerprint density at radius 1 is 1.46 bits per heavy atom. The first-order valence-electron chi connectivity index (χ1n) is 9.00. The summed E-state index contributed by atoms with van der Waals surface area (Å²) in [7, 11) is 0. The zero-order valence-corrected chi connectivity index (χ0v) is 18.1. The van der Waals surface area contributed by atoms with Crippen molar-refractivity contribution in [3.8, 4) is 6.07 Å². The number of Topliss-reactive ketones (excluding diaryl/α,β-unsaturated/α-hetero) is 1. The van der Waals surface area contributed by atoms with Gasteiger partial charge in [-0.15, -0.1) is 11.3 Å². The summed E-state index contributed by atoms with van der Waals surface area (Å²) >= 11 is 2.61. The number of aryl methyl sites for hydroxylation is 2. The summed E-state index contributed by atoms with van der Waals surface area (Å²) in [5.74, 6) is -1.42. The molecular formula is C19H24N4O3S2. The van der Waals surface area contributed by atoms with Crippen LogP contribution in [0.3, 0.4) is 0 Å². The van der Waals surface area contributed by atoms with Crippen LogP contribution in [0.1, 0.15) is 30.7 Å². The largest absolute Gasteiger partial charge is 0.382 e. The molecule has 0 spiro atoms. The van der Waals surface area contributed by atoms with Crippen LogP contribution in [0.5, 0.6) is 0 Å². The highest BCUT2D eigenvalue weighted by atomic mass is 32.2. The number of thiophene rings is 1. The van der Waals surface area contributed by atoms with Crippen molar-refractivity contribution in [2.24, 2.45) is 5.92 Å². The van der Waals surface area contributed by atoms with Gasteiger partial charge < -0.3 is 10.1 Å². The minimum atomic E-state index is -1.06. The number of carbonyl (C=O) groups excluding carboxylic acids is 1. The molecule has 28 heavy (non-hydrogen) atoms.